The molecule has 1 aliphatic carbocycles. The molecule has 0 spiro atoms. The molecule has 1 aliphatic heterocycles. The van der Waals surface area contributed by atoms with Crippen LogP contribution in [0.25, 0.3) is 0 Å². The lowest BCUT2D eigenvalue weighted by atomic mass is 9.82. The molecule has 1 N–H and O–H groups in total. The minimum atomic E-state index is -1.22. The van der Waals surface area contributed by atoms with Crippen LogP contribution in [-0.4, -0.2) is 35.8 Å². The molecule has 2 aliphatic rings. The summed E-state index contributed by atoms with van der Waals surface area (Å²) in [5.41, 5.74) is 0.844. The van der Waals surface area contributed by atoms with Crippen LogP contribution in [0.4, 0.5) is 5.69 Å². The summed E-state index contributed by atoms with van der Waals surface area (Å²) in [7, 11) is 0. The van der Waals surface area contributed by atoms with Crippen molar-refractivity contribution in [2.75, 3.05) is 18.4 Å². The van der Waals surface area contributed by atoms with E-state index in [1.54, 1.807) is 29.2 Å². The molecule has 1 heterocycles. The van der Waals surface area contributed by atoms with Gasteiger partial charge in [-0.05, 0) is 50.3 Å². The van der Waals surface area contributed by atoms with Gasteiger partial charge in [-0.2, -0.15) is 0 Å². The van der Waals surface area contributed by atoms with Crippen LogP contribution in [0.2, 0.25) is 5.02 Å². The average Bonchev–Trinajstić information content (AvgIpc) is 2.68. The number of amides is 2. The number of hydrogen-bond donors (Lipinski definition) is 1. The van der Waals surface area contributed by atoms with Gasteiger partial charge in [0.2, 0.25) is 5.91 Å². The minimum Gasteiger partial charge on any atom is -0.550 e. The molecule has 2 amide bonds. The number of piperidine rings is 1. The van der Waals surface area contributed by atoms with E-state index in [1.807, 2.05) is 0 Å². The third-order valence-electron chi connectivity index (χ3n) is 5.18. The number of rotatable bonds is 4. The Balaban J connectivity index is 1.70. The quantitative estimate of drug-likeness (QED) is 0.799. The van der Waals surface area contributed by atoms with Crippen LogP contribution in [0, 0.1) is 11.8 Å². The van der Waals surface area contributed by atoms with Gasteiger partial charge in [-0.25, -0.2) is 0 Å². The van der Waals surface area contributed by atoms with Gasteiger partial charge in [0.05, 0.1) is 16.5 Å². The first-order valence-corrected chi connectivity index (χ1v) is 9.60. The van der Waals surface area contributed by atoms with Crippen molar-refractivity contribution >= 4 is 35.1 Å². The van der Waals surface area contributed by atoms with E-state index >= 15 is 0 Å². The summed E-state index contributed by atoms with van der Waals surface area (Å²) in [6.07, 6.45) is 7.30. The Morgan fingerprint density at radius 1 is 1.04 bits per heavy atom. The van der Waals surface area contributed by atoms with E-state index in [0.29, 0.717) is 17.7 Å². The van der Waals surface area contributed by atoms with Crippen molar-refractivity contribution in [3.63, 3.8) is 0 Å². The second-order valence-corrected chi connectivity index (χ2v) is 7.42. The highest BCUT2D eigenvalue weighted by Gasteiger charge is 2.30. The number of halogens is 1. The van der Waals surface area contributed by atoms with Crippen molar-refractivity contribution in [3.8, 4) is 0 Å². The lowest BCUT2D eigenvalue weighted by molar-refractivity contribution is -0.313. The highest BCUT2D eigenvalue weighted by Crippen LogP contribution is 2.28. The van der Waals surface area contributed by atoms with E-state index in [1.165, 1.54) is 6.07 Å². The van der Waals surface area contributed by atoms with Gasteiger partial charge in [-0.15, -0.1) is 0 Å². The fraction of sp³-hybridized carbons (Fsp3) is 0.450. The van der Waals surface area contributed by atoms with E-state index in [4.69, 9.17) is 11.6 Å². The summed E-state index contributed by atoms with van der Waals surface area (Å²) >= 11 is 6.28. The molecule has 0 aromatic heterocycles. The van der Waals surface area contributed by atoms with Crippen LogP contribution in [-0.2, 0) is 9.59 Å². The summed E-state index contributed by atoms with van der Waals surface area (Å²) in [6.45, 7) is 1.46. The summed E-state index contributed by atoms with van der Waals surface area (Å²) in [6, 6.07) is 4.75. The van der Waals surface area contributed by atoms with Gasteiger partial charge in [0.1, 0.15) is 0 Å². The van der Waals surface area contributed by atoms with E-state index in [2.05, 4.69) is 5.32 Å². The van der Waals surface area contributed by atoms with Crippen molar-refractivity contribution < 1.29 is 19.5 Å². The molecule has 1 fully saturated rings. The van der Waals surface area contributed by atoms with Crippen LogP contribution < -0.4 is 10.4 Å². The Kier molecular flexibility index (Phi) is 6.16. The molecule has 0 radical (unpaired) electrons. The number of likely N-dealkylation sites (tertiary alicyclic amines) is 1. The van der Waals surface area contributed by atoms with E-state index in [9.17, 15) is 19.5 Å². The number of anilines is 1. The van der Waals surface area contributed by atoms with E-state index < -0.39 is 17.8 Å². The molecule has 1 aromatic rings. The number of benzene rings is 1. The van der Waals surface area contributed by atoms with Crippen molar-refractivity contribution in [2.45, 2.75) is 32.1 Å². The maximum atomic E-state index is 12.6. The molecular weight excluding hydrogens is 368 g/mol. The number of carbonyl (C=O) groups is 3. The van der Waals surface area contributed by atoms with Crippen LogP contribution >= 0.6 is 11.6 Å². The van der Waals surface area contributed by atoms with Crippen LogP contribution in [0.3, 0.4) is 0 Å². The minimum absolute atomic E-state index is 0.105. The number of allylic oxidation sites excluding steroid dienone is 2. The summed E-state index contributed by atoms with van der Waals surface area (Å²) in [5.74, 6) is -3.24. The largest absolute Gasteiger partial charge is 0.550 e. The maximum absolute atomic E-state index is 12.6. The predicted molar refractivity (Wildman–Crippen MR) is 100 cm³/mol. The molecule has 27 heavy (non-hydrogen) atoms. The zero-order chi connectivity index (χ0) is 19.4. The highest BCUT2D eigenvalue weighted by atomic mass is 35.5. The van der Waals surface area contributed by atoms with Gasteiger partial charge in [0, 0.05) is 30.7 Å². The van der Waals surface area contributed by atoms with Crippen LogP contribution in [0.15, 0.2) is 30.4 Å². The number of carbonyl (C=O) groups excluding carboxylic acids is 3. The van der Waals surface area contributed by atoms with Gasteiger partial charge in [0.25, 0.3) is 5.91 Å². The van der Waals surface area contributed by atoms with E-state index in [-0.39, 0.29) is 23.3 Å². The maximum Gasteiger partial charge on any atom is 0.255 e. The molecule has 0 bridgehead atoms. The normalized spacial score (nSPS) is 22.3. The topological polar surface area (TPSA) is 89.5 Å². The third-order valence-corrected chi connectivity index (χ3v) is 5.49. The third kappa shape index (κ3) is 4.50. The smallest absolute Gasteiger partial charge is 0.255 e. The molecule has 0 saturated carbocycles. The van der Waals surface area contributed by atoms with Crippen molar-refractivity contribution in [1.29, 1.82) is 0 Å². The number of carboxylic acid groups (broad SMARTS) is 1. The number of hydrogen-bond acceptors (Lipinski definition) is 4. The Bertz CT molecular complexity index is 771. The molecule has 2 atom stereocenters. The van der Waals surface area contributed by atoms with E-state index in [0.717, 1.165) is 32.4 Å². The lowest BCUT2D eigenvalue weighted by Gasteiger charge is -2.28. The zero-order valence-electron chi connectivity index (χ0n) is 14.9. The molecule has 6 nitrogen and oxygen atoms in total. The number of nitrogens with one attached hydrogen (secondary N) is 1. The van der Waals surface area contributed by atoms with Gasteiger partial charge >= 0.3 is 0 Å². The molecule has 144 valence electrons. The first-order valence-electron chi connectivity index (χ1n) is 9.23. The Morgan fingerprint density at radius 3 is 2.33 bits per heavy atom. The van der Waals surface area contributed by atoms with Gasteiger partial charge < -0.3 is 20.1 Å². The molecular formula is C20H22ClN2O4-. The lowest BCUT2D eigenvalue weighted by Crippen LogP contribution is -2.41. The van der Waals surface area contributed by atoms with Crippen LogP contribution in [0.5, 0.6) is 0 Å². The molecule has 1 aromatic carbocycles. The summed E-state index contributed by atoms with van der Waals surface area (Å²) < 4.78 is 0. The van der Waals surface area contributed by atoms with Crippen molar-refractivity contribution in [3.05, 3.63) is 40.9 Å². The molecule has 1 saturated heterocycles. The number of nitrogens with zero attached hydrogens (tertiary/aromatic N) is 1. The second kappa shape index (κ2) is 8.57. The predicted octanol–water partition coefficient (Wildman–Crippen LogP) is 2.24. The van der Waals surface area contributed by atoms with Gasteiger partial charge in [-0.3, -0.25) is 9.59 Å². The highest BCUT2D eigenvalue weighted by molar-refractivity contribution is 6.34. The van der Waals surface area contributed by atoms with Crippen LogP contribution in [0.1, 0.15) is 42.5 Å². The Labute approximate surface area is 163 Å². The molecule has 3 rings (SSSR count). The van der Waals surface area contributed by atoms with Crippen molar-refractivity contribution in [1.82, 2.24) is 4.90 Å². The first kappa shape index (κ1) is 19.4. The Morgan fingerprint density at radius 2 is 1.70 bits per heavy atom. The average molecular weight is 390 g/mol. The molecule has 0 unspecified atom stereocenters. The molecule has 7 heteroatoms. The SMILES string of the molecule is O=C([O-])[C@H]1CC=CC[C@H]1C(=O)Nc1ccc(C(=O)N2CCCCC2)c(Cl)c1. The monoisotopic (exact) mass is 389 g/mol. The number of aliphatic carboxylic acids is 1. The second-order valence-electron chi connectivity index (χ2n) is 7.01. The summed E-state index contributed by atoms with van der Waals surface area (Å²) in [4.78, 5) is 38.1. The first-order chi connectivity index (χ1) is 13.0. The summed E-state index contributed by atoms with van der Waals surface area (Å²) in [5, 5.41) is 14.2. The van der Waals surface area contributed by atoms with Crippen molar-refractivity contribution in [2.24, 2.45) is 11.8 Å². The standard InChI is InChI=1S/C20H23ClN2O4/c21-17-12-13(8-9-16(17)19(25)23-10-4-1-5-11-23)22-18(24)14-6-2-3-7-15(14)20(26)27/h2-3,8-9,12,14-15H,1,4-7,10-11H2,(H,22,24)(H,26,27)/p-1/t14-,15+/m1/s1. The fourth-order valence-corrected chi connectivity index (χ4v) is 3.89. The zero-order valence-corrected chi connectivity index (χ0v) is 15.7. The Hall–Kier alpha value is -2.34. The number of carboxylic acids is 1. The fourth-order valence-electron chi connectivity index (χ4n) is 3.63. The van der Waals surface area contributed by atoms with Gasteiger partial charge in [0.15, 0.2) is 0 Å². The van der Waals surface area contributed by atoms with Gasteiger partial charge in [-0.1, -0.05) is 23.8 Å².